The summed E-state index contributed by atoms with van der Waals surface area (Å²) in [5, 5.41) is 3.37. The lowest BCUT2D eigenvalue weighted by atomic mass is 10.2. The fraction of sp³-hybridized carbons (Fsp3) is 0.400. The van der Waals surface area contributed by atoms with Gasteiger partial charge in [0, 0.05) is 59.1 Å². The number of benzene rings is 2. The van der Waals surface area contributed by atoms with Gasteiger partial charge in [0.25, 0.3) is 0 Å². The van der Waals surface area contributed by atoms with Crippen molar-refractivity contribution in [1.29, 1.82) is 0 Å². The van der Waals surface area contributed by atoms with Crippen LogP contribution in [0.2, 0.25) is 0 Å². The van der Waals surface area contributed by atoms with Crippen LogP contribution in [-0.4, -0.2) is 58.3 Å². The molecule has 2 aromatic carbocycles. The third kappa shape index (κ3) is 4.30. The molecule has 0 saturated carbocycles. The van der Waals surface area contributed by atoms with Crippen molar-refractivity contribution in [1.82, 2.24) is 10.2 Å². The molecule has 1 aliphatic rings. The molecule has 5 heteroatoms. The Hall–Kier alpha value is -2.11. The minimum Gasteiger partial charge on any atom is -0.372 e. The van der Waals surface area contributed by atoms with Crippen LogP contribution in [0.25, 0.3) is 0 Å². The molecule has 1 fully saturated rings. The third-order valence-corrected chi connectivity index (χ3v) is 4.82. The molecule has 0 spiro atoms. The number of hydrogen-bond acceptors (Lipinski definition) is 4. The number of halogens is 1. The molecule has 4 nitrogen and oxygen atoms in total. The van der Waals surface area contributed by atoms with Gasteiger partial charge in [-0.25, -0.2) is 4.39 Å². The van der Waals surface area contributed by atoms with Gasteiger partial charge in [-0.15, -0.1) is 0 Å². The van der Waals surface area contributed by atoms with Crippen LogP contribution in [0.15, 0.2) is 48.5 Å². The third-order valence-electron chi connectivity index (χ3n) is 4.82. The standard InChI is InChI=1S/C20H27FN4/c1-23(15-16-25-13-11-22-12-14-25)19-10-6-9-18(21)20(19)24(2)17-7-4-3-5-8-17/h3-10,22H,11-16H2,1-2H3. The molecule has 1 saturated heterocycles. The molecule has 1 heterocycles. The van der Waals surface area contributed by atoms with E-state index >= 15 is 0 Å². The molecule has 0 bridgehead atoms. The molecule has 0 radical (unpaired) electrons. The SMILES string of the molecule is CN(CCN1CCNCC1)c1cccc(F)c1N(C)c1ccccc1. The second-order valence-corrected chi connectivity index (χ2v) is 6.52. The summed E-state index contributed by atoms with van der Waals surface area (Å²) in [6, 6.07) is 15.2. The monoisotopic (exact) mass is 342 g/mol. The van der Waals surface area contributed by atoms with Gasteiger partial charge in [-0.1, -0.05) is 24.3 Å². The van der Waals surface area contributed by atoms with Gasteiger partial charge in [0.2, 0.25) is 0 Å². The van der Waals surface area contributed by atoms with Crippen molar-refractivity contribution in [3.05, 3.63) is 54.3 Å². The van der Waals surface area contributed by atoms with Gasteiger partial charge < -0.3 is 15.1 Å². The summed E-state index contributed by atoms with van der Waals surface area (Å²) in [7, 11) is 3.96. The van der Waals surface area contributed by atoms with Crippen LogP contribution in [0, 0.1) is 5.82 Å². The summed E-state index contributed by atoms with van der Waals surface area (Å²) in [6.45, 7) is 6.11. The number of nitrogens with one attached hydrogen (secondary N) is 1. The maximum absolute atomic E-state index is 14.7. The largest absolute Gasteiger partial charge is 0.372 e. The molecule has 25 heavy (non-hydrogen) atoms. The van der Waals surface area contributed by atoms with E-state index in [-0.39, 0.29) is 5.82 Å². The molecule has 0 aromatic heterocycles. The van der Waals surface area contributed by atoms with Crippen molar-refractivity contribution in [2.75, 3.05) is 63.2 Å². The van der Waals surface area contributed by atoms with E-state index in [0.29, 0.717) is 5.69 Å². The predicted molar refractivity (Wildman–Crippen MR) is 103 cm³/mol. The Morgan fingerprint density at radius 2 is 1.72 bits per heavy atom. The van der Waals surface area contributed by atoms with Gasteiger partial charge in [0.05, 0.1) is 5.69 Å². The highest BCUT2D eigenvalue weighted by molar-refractivity contribution is 5.77. The number of hydrogen-bond donors (Lipinski definition) is 1. The van der Waals surface area contributed by atoms with E-state index in [2.05, 4.69) is 15.1 Å². The first kappa shape index (κ1) is 17.7. The maximum atomic E-state index is 14.7. The van der Waals surface area contributed by atoms with Crippen molar-refractivity contribution in [2.24, 2.45) is 0 Å². The summed E-state index contributed by atoms with van der Waals surface area (Å²) in [6.07, 6.45) is 0. The fourth-order valence-corrected chi connectivity index (χ4v) is 3.27. The first-order valence-corrected chi connectivity index (χ1v) is 8.88. The topological polar surface area (TPSA) is 21.8 Å². The van der Waals surface area contributed by atoms with Crippen molar-refractivity contribution in [3.63, 3.8) is 0 Å². The maximum Gasteiger partial charge on any atom is 0.148 e. The highest BCUT2D eigenvalue weighted by Gasteiger charge is 2.18. The zero-order valence-corrected chi connectivity index (χ0v) is 15.1. The molecule has 0 atom stereocenters. The number of anilines is 3. The van der Waals surface area contributed by atoms with E-state index in [1.165, 1.54) is 6.07 Å². The molecule has 0 unspecified atom stereocenters. The van der Waals surface area contributed by atoms with E-state index in [9.17, 15) is 4.39 Å². The number of para-hydroxylation sites is 2. The lowest BCUT2D eigenvalue weighted by molar-refractivity contribution is 0.246. The number of likely N-dealkylation sites (N-methyl/N-ethyl adjacent to an activating group) is 1. The van der Waals surface area contributed by atoms with Crippen LogP contribution in [0.3, 0.4) is 0 Å². The van der Waals surface area contributed by atoms with Gasteiger partial charge in [-0.3, -0.25) is 4.90 Å². The Labute approximate surface area is 149 Å². The quantitative estimate of drug-likeness (QED) is 0.871. The van der Waals surface area contributed by atoms with Crippen molar-refractivity contribution in [2.45, 2.75) is 0 Å². The zero-order chi connectivity index (χ0) is 17.6. The molecule has 3 rings (SSSR count). The first-order valence-electron chi connectivity index (χ1n) is 8.88. The highest BCUT2D eigenvalue weighted by atomic mass is 19.1. The van der Waals surface area contributed by atoms with Gasteiger partial charge in [0.15, 0.2) is 0 Å². The van der Waals surface area contributed by atoms with E-state index < -0.39 is 0 Å². The Kier molecular flexibility index (Phi) is 5.89. The normalized spacial score (nSPS) is 15.2. The summed E-state index contributed by atoms with van der Waals surface area (Å²) in [5.74, 6) is -0.196. The molecular formula is C20H27FN4. The molecule has 134 valence electrons. The van der Waals surface area contributed by atoms with Crippen molar-refractivity contribution in [3.8, 4) is 0 Å². The van der Waals surface area contributed by atoms with Crippen LogP contribution < -0.4 is 15.1 Å². The van der Waals surface area contributed by atoms with Gasteiger partial charge in [0.1, 0.15) is 11.5 Å². The van der Waals surface area contributed by atoms with E-state index in [4.69, 9.17) is 0 Å². The minimum absolute atomic E-state index is 0.196. The summed E-state index contributed by atoms with van der Waals surface area (Å²) >= 11 is 0. The van der Waals surface area contributed by atoms with Gasteiger partial charge >= 0.3 is 0 Å². The summed E-state index contributed by atoms with van der Waals surface area (Å²) < 4.78 is 14.7. The smallest absolute Gasteiger partial charge is 0.148 e. The van der Waals surface area contributed by atoms with Crippen LogP contribution in [-0.2, 0) is 0 Å². The molecule has 0 aliphatic carbocycles. The molecule has 0 amide bonds. The van der Waals surface area contributed by atoms with Crippen LogP contribution >= 0.6 is 0 Å². The van der Waals surface area contributed by atoms with Crippen molar-refractivity contribution < 1.29 is 4.39 Å². The Morgan fingerprint density at radius 1 is 1.00 bits per heavy atom. The molecular weight excluding hydrogens is 315 g/mol. The van der Waals surface area contributed by atoms with E-state index in [0.717, 1.165) is 50.6 Å². The average molecular weight is 342 g/mol. The minimum atomic E-state index is -0.196. The number of nitrogens with zero attached hydrogens (tertiary/aromatic N) is 3. The van der Waals surface area contributed by atoms with Crippen molar-refractivity contribution >= 4 is 17.1 Å². The second kappa shape index (κ2) is 8.32. The number of rotatable bonds is 6. The van der Waals surface area contributed by atoms with Crippen LogP contribution in [0.5, 0.6) is 0 Å². The predicted octanol–water partition coefficient (Wildman–Crippen LogP) is 2.94. The van der Waals surface area contributed by atoms with Crippen LogP contribution in [0.4, 0.5) is 21.5 Å². The summed E-state index contributed by atoms with van der Waals surface area (Å²) in [4.78, 5) is 6.53. The molecule has 2 aromatic rings. The van der Waals surface area contributed by atoms with E-state index in [1.54, 1.807) is 6.07 Å². The molecule has 1 N–H and O–H groups in total. The Morgan fingerprint density at radius 3 is 2.44 bits per heavy atom. The Bertz CT molecular complexity index is 671. The number of piperazine rings is 1. The van der Waals surface area contributed by atoms with E-state index in [1.807, 2.05) is 55.4 Å². The zero-order valence-electron chi connectivity index (χ0n) is 15.1. The van der Waals surface area contributed by atoms with Gasteiger partial charge in [-0.2, -0.15) is 0 Å². The van der Waals surface area contributed by atoms with Crippen LogP contribution in [0.1, 0.15) is 0 Å². The lowest BCUT2D eigenvalue weighted by Gasteiger charge is -2.32. The second-order valence-electron chi connectivity index (χ2n) is 6.52. The first-order chi connectivity index (χ1) is 12.2. The summed E-state index contributed by atoms with van der Waals surface area (Å²) in [5.41, 5.74) is 2.52. The average Bonchev–Trinajstić information content (AvgIpc) is 2.67. The van der Waals surface area contributed by atoms with Gasteiger partial charge in [-0.05, 0) is 24.3 Å². The fourth-order valence-electron chi connectivity index (χ4n) is 3.27. The lowest BCUT2D eigenvalue weighted by Crippen LogP contribution is -2.46. The Balaban J connectivity index is 1.77. The highest BCUT2D eigenvalue weighted by Crippen LogP contribution is 2.35. The molecule has 1 aliphatic heterocycles.